The molecule has 5 nitrogen and oxygen atoms in total. The molecule has 34 heavy (non-hydrogen) atoms. The molecule has 0 spiro atoms. The number of benzene rings is 2. The van der Waals surface area contributed by atoms with E-state index in [9.17, 15) is 8.78 Å². The molecule has 1 unspecified atom stereocenters. The number of rotatable bonds is 6. The summed E-state index contributed by atoms with van der Waals surface area (Å²) in [6.07, 6.45) is 8.68. The summed E-state index contributed by atoms with van der Waals surface area (Å²) >= 11 is 0. The smallest absolute Gasteiger partial charge is 0.150 e. The Labute approximate surface area is 197 Å². The van der Waals surface area contributed by atoms with E-state index >= 15 is 0 Å². The lowest BCUT2D eigenvalue weighted by Gasteiger charge is -2.24. The van der Waals surface area contributed by atoms with Gasteiger partial charge >= 0.3 is 0 Å². The lowest BCUT2D eigenvalue weighted by Crippen LogP contribution is -2.19. The molecule has 0 aliphatic carbocycles. The number of anilines is 1. The van der Waals surface area contributed by atoms with E-state index in [1.54, 1.807) is 6.20 Å². The zero-order valence-electron chi connectivity index (χ0n) is 19.0. The molecule has 0 saturated carbocycles. The van der Waals surface area contributed by atoms with Crippen LogP contribution in [0.4, 0.5) is 14.5 Å². The lowest BCUT2D eigenvalue weighted by molar-refractivity contribution is -0.0367. The second kappa shape index (κ2) is 9.73. The van der Waals surface area contributed by atoms with Crippen LogP contribution in [0, 0.1) is 11.6 Å². The number of fused-ring (bicyclic) bond motifs is 1. The van der Waals surface area contributed by atoms with Gasteiger partial charge in [-0.2, -0.15) is 5.10 Å². The molecule has 174 valence electrons. The summed E-state index contributed by atoms with van der Waals surface area (Å²) in [4.78, 5) is 6.33. The van der Waals surface area contributed by atoms with Gasteiger partial charge in [0.15, 0.2) is 6.23 Å². The van der Waals surface area contributed by atoms with Gasteiger partial charge in [-0.3, -0.25) is 4.98 Å². The van der Waals surface area contributed by atoms with Crippen LogP contribution in [0.1, 0.15) is 42.4 Å². The first-order chi connectivity index (χ1) is 16.6. The summed E-state index contributed by atoms with van der Waals surface area (Å²) in [5.41, 5.74) is 4.15. The van der Waals surface area contributed by atoms with E-state index in [2.05, 4.69) is 11.1 Å². The van der Waals surface area contributed by atoms with Gasteiger partial charge in [-0.05, 0) is 79.4 Å². The summed E-state index contributed by atoms with van der Waals surface area (Å²) in [7, 11) is 1.90. The number of pyridine rings is 1. The Morgan fingerprint density at radius 3 is 2.65 bits per heavy atom. The topological polar surface area (TPSA) is 43.2 Å². The number of hydrogen-bond acceptors (Lipinski definition) is 4. The molecule has 3 heterocycles. The lowest BCUT2D eigenvalue weighted by atomic mass is 10.1. The van der Waals surface area contributed by atoms with Gasteiger partial charge < -0.3 is 9.64 Å². The van der Waals surface area contributed by atoms with Crippen molar-refractivity contribution < 1.29 is 13.5 Å². The van der Waals surface area contributed by atoms with E-state index in [0.29, 0.717) is 12.1 Å². The first-order valence-corrected chi connectivity index (χ1v) is 11.5. The third-order valence-electron chi connectivity index (χ3n) is 6.03. The van der Waals surface area contributed by atoms with Crippen LogP contribution < -0.4 is 4.90 Å². The maximum Gasteiger partial charge on any atom is 0.150 e. The maximum absolute atomic E-state index is 13.7. The molecule has 0 bridgehead atoms. The van der Waals surface area contributed by atoms with E-state index in [1.165, 1.54) is 12.1 Å². The average molecular weight is 461 g/mol. The fourth-order valence-electron chi connectivity index (χ4n) is 4.36. The van der Waals surface area contributed by atoms with Gasteiger partial charge in [0.1, 0.15) is 11.6 Å². The number of halogens is 2. The van der Waals surface area contributed by atoms with Crippen molar-refractivity contribution in [3.8, 4) is 0 Å². The Hall–Kier alpha value is -3.58. The second-order valence-corrected chi connectivity index (χ2v) is 8.57. The largest absolute Gasteiger partial charge is 0.370 e. The Kier molecular flexibility index (Phi) is 6.36. The van der Waals surface area contributed by atoms with Crippen molar-refractivity contribution in [3.63, 3.8) is 0 Å². The normalized spacial score (nSPS) is 16.4. The van der Waals surface area contributed by atoms with Crippen molar-refractivity contribution in [1.82, 2.24) is 14.8 Å². The predicted molar refractivity (Wildman–Crippen MR) is 130 cm³/mol. The van der Waals surface area contributed by atoms with Gasteiger partial charge in [0, 0.05) is 43.5 Å². The average Bonchev–Trinajstić information content (AvgIpc) is 3.21. The number of hydrogen-bond donors (Lipinski definition) is 0. The molecule has 0 radical (unpaired) electrons. The molecule has 2 aromatic heterocycles. The highest BCUT2D eigenvalue weighted by Crippen LogP contribution is 2.31. The van der Waals surface area contributed by atoms with E-state index in [0.717, 1.165) is 59.9 Å². The van der Waals surface area contributed by atoms with Gasteiger partial charge in [0.05, 0.1) is 16.9 Å². The molecule has 0 amide bonds. The van der Waals surface area contributed by atoms with Crippen molar-refractivity contribution in [2.75, 3.05) is 18.6 Å². The van der Waals surface area contributed by atoms with Crippen LogP contribution in [0.3, 0.4) is 0 Å². The molecule has 1 saturated heterocycles. The molecular weight excluding hydrogens is 434 g/mol. The summed E-state index contributed by atoms with van der Waals surface area (Å²) in [5.74, 6) is -1.15. The first-order valence-electron chi connectivity index (χ1n) is 11.5. The summed E-state index contributed by atoms with van der Waals surface area (Å²) in [6, 6.07) is 15.5. The SMILES string of the molecule is CN(Cc1cc(F)cc(F)c1)c1ccc2c(c1)c(C=Cc1ccccn1)nn2C1CCCCO1. The Bertz CT molecular complexity index is 1290. The Morgan fingerprint density at radius 2 is 1.91 bits per heavy atom. The zero-order valence-corrected chi connectivity index (χ0v) is 19.0. The fourth-order valence-corrected chi connectivity index (χ4v) is 4.36. The monoisotopic (exact) mass is 460 g/mol. The molecule has 5 rings (SSSR count). The molecule has 1 fully saturated rings. The second-order valence-electron chi connectivity index (χ2n) is 8.57. The highest BCUT2D eigenvalue weighted by molar-refractivity contribution is 5.92. The molecule has 2 aromatic carbocycles. The van der Waals surface area contributed by atoms with Crippen LogP contribution in [0.25, 0.3) is 23.1 Å². The number of nitrogens with zero attached hydrogens (tertiary/aromatic N) is 4. The van der Waals surface area contributed by atoms with Gasteiger partial charge in [-0.15, -0.1) is 0 Å². The summed E-state index contributed by atoms with van der Waals surface area (Å²) in [6.45, 7) is 1.11. The molecule has 1 aliphatic rings. The predicted octanol–water partition coefficient (Wildman–Crippen LogP) is 6.22. The summed E-state index contributed by atoms with van der Waals surface area (Å²) < 4.78 is 35.3. The summed E-state index contributed by atoms with van der Waals surface area (Å²) in [5, 5.41) is 5.88. The third-order valence-corrected chi connectivity index (χ3v) is 6.03. The molecule has 4 aromatic rings. The van der Waals surface area contributed by atoms with E-state index < -0.39 is 11.6 Å². The van der Waals surface area contributed by atoms with E-state index in [-0.39, 0.29) is 6.23 Å². The van der Waals surface area contributed by atoms with Crippen molar-refractivity contribution in [1.29, 1.82) is 0 Å². The van der Waals surface area contributed by atoms with Gasteiger partial charge in [-0.25, -0.2) is 13.5 Å². The van der Waals surface area contributed by atoms with Crippen molar-refractivity contribution in [2.24, 2.45) is 0 Å². The van der Waals surface area contributed by atoms with Crippen LogP contribution in [0.5, 0.6) is 0 Å². The highest BCUT2D eigenvalue weighted by Gasteiger charge is 2.21. The Morgan fingerprint density at radius 1 is 1.06 bits per heavy atom. The van der Waals surface area contributed by atoms with Crippen LogP contribution in [-0.2, 0) is 11.3 Å². The zero-order chi connectivity index (χ0) is 23.5. The van der Waals surface area contributed by atoms with Crippen LogP contribution >= 0.6 is 0 Å². The van der Waals surface area contributed by atoms with Crippen LogP contribution in [0.15, 0.2) is 60.8 Å². The minimum absolute atomic E-state index is 0.0906. The maximum atomic E-state index is 13.7. The highest BCUT2D eigenvalue weighted by atomic mass is 19.1. The third kappa shape index (κ3) is 4.84. The van der Waals surface area contributed by atoms with Crippen molar-refractivity contribution in [2.45, 2.75) is 32.0 Å². The Balaban J connectivity index is 1.51. The molecular formula is C27H26F2N4O. The molecule has 1 atom stereocenters. The number of ether oxygens (including phenoxy) is 1. The van der Waals surface area contributed by atoms with Crippen LogP contribution in [-0.4, -0.2) is 28.4 Å². The van der Waals surface area contributed by atoms with Gasteiger partial charge in [0.25, 0.3) is 0 Å². The number of aromatic nitrogens is 3. The van der Waals surface area contributed by atoms with Crippen molar-refractivity contribution >= 4 is 28.7 Å². The van der Waals surface area contributed by atoms with Gasteiger partial charge in [-0.1, -0.05) is 6.07 Å². The molecule has 0 N–H and O–H groups in total. The quantitative estimate of drug-likeness (QED) is 0.343. The van der Waals surface area contributed by atoms with Crippen LogP contribution in [0.2, 0.25) is 0 Å². The minimum Gasteiger partial charge on any atom is -0.370 e. The molecule has 7 heteroatoms. The van der Waals surface area contributed by atoms with Crippen molar-refractivity contribution in [3.05, 3.63) is 89.4 Å². The standard InChI is InChI=1S/C27H26F2N4O/c1-32(18-19-14-20(28)16-21(29)15-19)23-9-11-26-24(17-23)25(10-8-22-6-2-4-12-30-22)31-33(26)27-7-3-5-13-34-27/h2,4,6,8-12,14-17,27H,3,5,7,13,18H2,1H3. The van der Waals surface area contributed by atoms with E-state index in [4.69, 9.17) is 9.84 Å². The van der Waals surface area contributed by atoms with E-state index in [1.807, 2.05) is 59.1 Å². The first kappa shape index (κ1) is 22.2. The molecule has 1 aliphatic heterocycles. The van der Waals surface area contributed by atoms with Gasteiger partial charge in [0.2, 0.25) is 0 Å². The minimum atomic E-state index is -0.574. The fraction of sp³-hybridized carbons (Fsp3) is 0.259.